The highest BCUT2D eigenvalue weighted by Crippen LogP contribution is 2.16. The van der Waals surface area contributed by atoms with Gasteiger partial charge in [-0.2, -0.15) is 0 Å². The van der Waals surface area contributed by atoms with E-state index < -0.39 is 15.8 Å². The molecule has 102 valence electrons. The second-order valence-corrected chi connectivity index (χ2v) is 6.00. The number of benzene rings is 1. The molecule has 4 nitrogen and oxygen atoms in total. The average Bonchev–Trinajstić information content (AvgIpc) is 2.31. The summed E-state index contributed by atoms with van der Waals surface area (Å²) in [6.45, 7) is 3.83. The molecule has 6 heteroatoms. The van der Waals surface area contributed by atoms with Gasteiger partial charge in [-0.05, 0) is 37.5 Å². The maximum Gasteiger partial charge on any atom is 0.240 e. The molecule has 0 spiro atoms. The van der Waals surface area contributed by atoms with Crippen molar-refractivity contribution >= 4 is 10.0 Å². The van der Waals surface area contributed by atoms with E-state index >= 15 is 0 Å². The lowest BCUT2D eigenvalue weighted by Gasteiger charge is -2.11. The fourth-order valence-corrected chi connectivity index (χ4v) is 2.83. The standard InChI is InChI=1S/C12H19FN2O2S/c1-3-11(14)6-7-15-18(16,17)12-8-10(13)5-4-9(12)2/h4-5,8,11,15H,3,6-7,14H2,1-2H3. The molecule has 1 atom stereocenters. The topological polar surface area (TPSA) is 72.2 Å². The maximum absolute atomic E-state index is 13.1. The molecule has 0 fully saturated rings. The molecule has 0 bridgehead atoms. The van der Waals surface area contributed by atoms with Crippen molar-refractivity contribution < 1.29 is 12.8 Å². The van der Waals surface area contributed by atoms with Gasteiger partial charge in [0.15, 0.2) is 0 Å². The van der Waals surface area contributed by atoms with Gasteiger partial charge in [0.2, 0.25) is 10.0 Å². The normalized spacial score (nSPS) is 13.6. The van der Waals surface area contributed by atoms with Gasteiger partial charge in [0, 0.05) is 12.6 Å². The van der Waals surface area contributed by atoms with E-state index in [0.717, 1.165) is 12.5 Å². The molecule has 1 rings (SSSR count). The molecule has 1 aromatic carbocycles. The average molecular weight is 274 g/mol. The Morgan fingerprint density at radius 3 is 2.72 bits per heavy atom. The van der Waals surface area contributed by atoms with Gasteiger partial charge in [0.1, 0.15) is 5.82 Å². The van der Waals surface area contributed by atoms with Crippen LogP contribution in [0.4, 0.5) is 4.39 Å². The summed E-state index contributed by atoms with van der Waals surface area (Å²) in [4.78, 5) is -0.0208. The summed E-state index contributed by atoms with van der Waals surface area (Å²) in [6, 6.07) is 3.68. The molecule has 1 aromatic rings. The number of nitrogens with one attached hydrogen (secondary N) is 1. The summed E-state index contributed by atoms with van der Waals surface area (Å²) in [7, 11) is -3.66. The molecule has 0 aliphatic carbocycles. The van der Waals surface area contributed by atoms with Crippen LogP contribution in [0.25, 0.3) is 0 Å². The van der Waals surface area contributed by atoms with Gasteiger partial charge in [-0.1, -0.05) is 13.0 Å². The minimum atomic E-state index is -3.66. The molecule has 0 amide bonds. The zero-order valence-corrected chi connectivity index (χ0v) is 11.4. The Kier molecular flexibility index (Phi) is 5.25. The summed E-state index contributed by atoms with van der Waals surface area (Å²) in [6.07, 6.45) is 1.35. The van der Waals surface area contributed by atoms with Gasteiger partial charge in [-0.3, -0.25) is 0 Å². The molecule has 0 saturated carbocycles. The summed E-state index contributed by atoms with van der Waals surface area (Å²) in [5, 5.41) is 0. The largest absolute Gasteiger partial charge is 0.328 e. The van der Waals surface area contributed by atoms with Crippen LogP contribution in [0.1, 0.15) is 25.3 Å². The number of hydrogen-bond donors (Lipinski definition) is 2. The zero-order valence-electron chi connectivity index (χ0n) is 10.6. The lowest BCUT2D eigenvalue weighted by molar-refractivity contribution is 0.555. The summed E-state index contributed by atoms with van der Waals surface area (Å²) in [5.41, 5.74) is 6.22. The Hall–Kier alpha value is -0.980. The second kappa shape index (κ2) is 6.26. The molecule has 18 heavy (non-hydrogen) atoms. The number of halogens is 1. The first kappa shape index (κ1) is 15.1. The first-order valence-corrected chi connectivity index (χ1v) is 7.36. The van der Waals surface area contributed by atoms with Crippen molar-refractivity contribution in [2.75, 3.05) is 6.54 Å². The van der Waals surface area contributed by atoms with Crippen molar-refractivity contribution in [3.8, 4) is 0 Å². The molecule has 3 N–H and O–H groups in total. The number of nitrogens with two attached hydrogens (primary N) is 1. The second-order valence-electron chi connectivity index (χ2n) is 4.26. The van der Waals surface area contributed by atoms with Crippen molar-refractivity contribution in [1.82, 2.24) is 4.72 Å². The Bertz CT molecular complexity index is 503. The monoisotopic (exact) mass is 274 g/mol. The lowest BCUT2D eigenvalue weighted by atomic mass is 10.2. The Morgan fingerprint density at radius 1 is 1.44 bits per heavy atom. The zero-order chi connectivity index (χ0) is 13.8. The van der Waals surface area contributed by atoms with Gasteiger partial charge in [-0.25, -0.2) is 17.5 Å². The molecule has 0 aliphatic heterocycles. The van der Waals surface area contributed by atoms with E-state index in [2.05, 4.69) is 4.72 Å². The quantitative estimate of drug-likeness (QED) is 0.826. The van der Waals surface area contributed by atoms with Gasteiger partial charge < -0.3 is 5.73 Å². The van der Waals surface area contributed by atoms with Crippen molar-refractivity contribution in [2.24, 2.45) is 5.73 Å². The van der Waals surface area contributed by atoms with Crippen LogP contribution in [-0.2, 0) is 10.0 Å². The first-order valence-electron chi connectivity index (χ1n) is 5.88. The Labute approximate surface area is 107 Å². The molecule has 1 unspecified atom stereocenters. The van der Waals surface area contributed by atoms with E-state index in [4.69, 9.17) is 5.73 Å². The molecule has 0 aromatic heterocycles. The number of sulfonamides is 1. The fraction of sp³-hybridized carbons (Fsp3) is 0.500. The first-order chi connectivity index (χ1) is 8.36. The predicted octanol–water partition coefficient (Wildman–Crippen LogP) is 1.54. The molecule has 0 radical (unpaired) electrons. The minimum Gasteiger partial charge on any atom is -0.328 e. The third kappa shape index (κ3) is 4.04. The number of aryl methyl sites for hydroxylation is 1. The van der Waals surface area contributed by atoms with E-state index in [1.54, 1.807) is 6.92 Å². The van der Waals surface area contributed by atoms with E-state index in [1.807, 2.05) is 6.92 Å². The van der Waals surface area contributed by atoms with Crippen LogP contribution < -0.4 is 10.5 Å². The molecular weight excluding hydrogens is 255 g/mol. The fourth-order valence-electron chi connectivity index (χ4n) is 1.52. The maximum atomic E-state index is 13.1. The molecular formula is C12H19FN2O2S. The summed E-state index contributed by atoms with van der Waals surface area (Å²) >= 11 is 0. The predicted molar refractivity (Wildman–Crippen MR) is 69.2 cm³/mol. The number of rotatable bonds is 6. The highest BCUT2D eigenvalue weighted by atomic mass is 32.2. The van der Waals surface area contributed by atoms with E-state index in [0.29, 0.717) is 12.0 Å². The van der Waals surface area contributed by atoms with Crippen LogP contribution in [0.15, 0.2) is 23.1 Å². The summed E-state index contributed by atoms with van der Waals surface area (Å²) < 4.78 is 39.4. The van der Waals surface area contributed by atoms with Crippen molar-refractivity contribution in [1.29, 1.82) is 0 Å². The third-order valence-corrected chi connectivity index (χ3v) is 4.37. The van der Waals surface area contributed by atoms with Crippen LogP contribution in [0.5, 0.6) is 0 Å². The van der Waals surface area contributed by atoms with Gasteiger partial charge in [-0.15, -0.1) is 0 Å². The number of hydrogen-bond acceptors (Lipinski definition) is 3. The van der Waals surface area contributed by atoms with Crippen LogP contribution in [0.2, 0.25) is 0 Å². The van der Waals surface area contributed by atoms with Crippen molar-refractivity contribution in [2.45, 2.75) is 37.6 Å². The van der Waals surface area contributed by atoms with Crippen LogP contribution in [-0.4, -0.2) is 21.0 Å². The Balaban J connectivity index is 2.77. The van der Waals surface area contributed by atoms with E-state index in [9.17, 15) is 12.8 Å². The van der Waals surface area contributed by atoms with E-state index in [-0.39, 0.29) is 17.5 Å². The summed E-state index contributed by atoms with van der Waals surface area (Å²) in [5.74, 6) is -0.564. The molecule has 0 saturated heterocycles. The molecule has 0 aliphatic rings. The van der Waals surface area contributed by atoms with E-state index in [1.165, 1.54) is 12.1 Å². The van der Waals surface area contributed by atoms with Gasteiger partial charge >= 0.3 is 0 Å². The lowest BCUT2D eigenvalue weighted by Crippen LogP contribution is -2.30. The highest BCUT2D eigenvalue weighted by molar-refractivity contribution is 7.89. The third-order valence-electron chi connectivity index (χ3n) is 2.77. The van der Waals surface area contributed by atoms with Gasteiger partial charge in [0.25, 0.3) is 0 Å². The highest BCUT2D eigenvalue weighted by Gasteiger charge is 2.17. The van der Waals surface area contributed by atoms with Crippen molar-refractivity contribution in [3.63, 3.8) is 0 Å². The minimum absolute atomic E-state index is 0.0208. The van der Waals surface area contributed by atoms with Gasteiger partial charge in [0.05, 0.1) is 4.90 Å². The van der Waals surface area contributed by atoms with Crippen LogP contribution >= 0.6 is 0 Å². The molecule has 0 heterocycles. The SMILES string of the molecule is CCC(N)CCNS(=O)(=O)c1cc(F)ccc1C. The Morgan fingerprint density at radius 2 is 2.11 bits per heavy atom. The van der Waals surface area contributed by atoms with Crippen molar-refractivity contribution in [3.05, 3.63) is 29.6 Å². The van der Waals surface area contributed by atoms with Crippen LogP contribution in [0.3, 0.4) is 0 Å². The smallest absolute Gasteiger partial charge is 0.240 e. The van der Waals surface area contributed by atoms with Crippen LogP contribution in [0, 0.1) is 12.7 Å².